The number of hydrogen-bond donors (Lipinski definition) is 0. The molecule has 0 radical (unpaired) electrons. The summed E-state index contributed by atoms with van der Waals surface area (Å²) in [6.07, 6.45) is 11.9. The lowest BCUT2D eigenvalue weighted by atomic mass is 9.43. The monoisotopic (exact) mass is 939 g/mol. The Bertz CT molecular complexity index is 3940. The fourth-order valence-electron chi connectivity index (χ4n) is 13.6. The largest absolute Gasteiger partial charge is 0.376 e. The van der Waals surface area contributed by atoms with Crippen molar-refractivity contribution in [3.63, 3.8) is 0 Å². The SMILES string of the molecule is CCCCCc1ccc(N2B3c4cc(CCCCC)ccc4-n4c5cc6c(cc5c5c(-n7c8ccccc8c8ccccc87)cc(c3c54)-c3cc4sc5ccccc5c4cc32)C(C)(C)CCC6(C)C)cc1. The molecule has 0 unspecified atom stereocenters. The topological polar surface area (TPSA) is 13.1 Å². The predicted molar refractivity (Wildman–Crippen MR) is 309 cm³/mol. The summed E-state index contributed by atoms with van der Waals surface area (Å²) in [5, 5.41) is 7.98. The Hall–Kier alpha value is -6.56. The number of thiophene rings is 1. The summed E-state index contributed by atoms with van der Waals surface area (Å²) in [7, 11) is 0. The van der Waals surface area contributed by atoms with Crippen molar-refractivity contribution in [2.45, 2.75) is 117 Å². The zero-order valence-electron chi connectivity index (χ0n) is 42.3. The summed E-state index contributed by atoms with van der Waals surface area (Å²) in [4.78, 5) is 2.77. The van der Waals surface area contributed by atoms with Crippen LogP contribution in [0.5, 0.6) is 0 Å². The normalized spacial score (nSPS) is 15.4. The van der Waals surface area contributed by atoms with Crippen molar-refractivity contribution in [1.82, 2.24) is 9.13 Å². The Morgan fingerprint density at radius 1 is 0.493 bits per heavy atom. The van der Waals surface area contributed by atoms with Gasteiger partial charge in [-0.15, -0.1) is 11.3 Å². The van der Waals surface area contributed by atoms with Crippen LogP contribution >= 0.6 is 11.3 Å². The second kappa shape index (κ2) is 16.0. The summed E-state index contributed by atoms with van der Waals surface area (Å²) in [6.45, 7) is 14.5. The molecular weight excluding hydrogens is 878 g/mol. The maximum absolute atomic E-state index is 2.77. The highest BCUT2D eigenvalue weighted by Gasteiger charge is 2.46. The number of aryl methyl sites for hydroxylation is 2. The fourth-order valence-corrected chi connectivity index (χ4v) is 14.7. The van der Waals surface area contributed by atoms with E-state index in [1.165, 1.54) is 182 Å². The summed E-state index contributed by atoms with van der Waals surface area (Å²) >= 11 is 1.93. The van der Waals surface area contributed by atoms with Crippen LogP contribution in [0.2, 0.25) is 0 Å². The number of anilines is 2. The van der Waals surface area contributed by atoms with E-state index in [9.17, 15) is 0 Å². The number of rotatable bonds is 10. The quantitative estimate of drug-likeness (QED) is 0.0984. The molecular formula is C66H62BN3S. The fraction of sp³-hybridized carbons (Fsp3) is 0.273. The van der Waals surface area contributed by atoms with Gasteiger partial charge in [-0.05, 0) is 155 Å². The van der Waals surface area contributed by atoms with E-state index < -0.39 is 0 Å². The molecule has 11 aromatic rings. The third kappa shape index (κ3) is 6.34. The predicted octanol–water partition coefficient (Wildman–Crippen LogP) is 17.3. The molecule has 3 aliphatic rings. The van der Waals surface area contributed by atoms with Gasteiger partial charge in [0.15, 0.2) is 0 Å². The number of unbranched alkanes of at least 4 members (excludes halogenated alkanes) is 4. The zero-order chi connectivity index (χ0) is 47.9. The summed E-state index contributed by atoms with van der Waals surface area (Å²) in [5.41, 5.74) is 21.8. The van der Waals surface area contributed by atoms with Crippen LogP contribution in [0.15, 0.2) is 146 Å². The minimum Gasteiger partial charge on any atom is -0.376 e. The van der Waals surface area contributed by atoms with E-state index in [0.717, 1.165) is 12.8 Å². The smallest absolute Gasteiger partial charge is 0.333 e. The van der Waals surface area contributed by atoms with Crippen LogP contribution in [0.4, 0.5) is 11.4 Å². The van der Waals surface area contributed by atoms with Crippen molar-refractivity contribution in [2.24, 2.45) is 0 Å². The third-order valence-corrected chi connectivity index (χ3v) is 18.5. The first-order valence-electron chi connectivity index (χ1n) is 26.8. The van der Waals surface area contributed by atoms with Crippen molar-refractivity contribution in [1.29, 1.82) is 0 Å². The Kier molecular flexibility index (Phi) is 9.73. The molecule has 5 heteroatoms. The lowest BCUT2D eigenvalue weighted by Gasteiger charge is -2.42. The van der Waals surface area contributed by atoms with Gasteiger partial charge in [-0.3, -0.25) is 0 Å². The molecule has 1 aliphatic carbocycles. The Balaban J connectivity index is 1.18. The van der Waals surface area contributed by atoms with E-state index in [1.807, 2.05) is 11.3 Å². The molecule has 8 aromatic carbocycles. The number of aromatic nitrogens is 2. The van der Waals surface area contributed by atoms with Crippen molar-refractivity contribution in [3.05, 3.63) is 168 Å². The van der Waals surface area contributed by atoms with Crippen LogP contribution < -0.4 is 15.7 Å². The van der Waals surface area contributed by atoms with Gasteiger partial charge >= 0.3 is 6.85 Å². The highest BCUT2D eigenvalue weighted by atomic mass is 32.1. The molecule has 350 valence electrons. The first kappa shape index (κ1) is 43.3. The average Bonchev–Trinajstić information content (AvgIpc) is 4.05. The van der Waals surface area contributed by atoms with Gasteiger partial charge in [0.1, 0.15) is 0 Å². The highest BCUT2D eigenvalue weighted by molar-refractivity contribution is 7.25. The zero-order valence-corrected chi connectivity index (χ0v) is 43.1. The molecule has 0 saturated carbocycles. The van der Waals surface area contributed by atoms with E-state index in [0.29, 0.717) is 0 Å². The second-order valence-corrected chi connectivity index (χ2v) is 23.8. The number of benzene rings is 8. The first-order chi connectivity index (χ1) is 34.6. The number of hydrogen-bond acceptors (Lipinski definition) is 2. The lowest BCUT2D eigenvalue weighted by Crippen LogP contribution is -2.60. The molecule has 3 aromatic heterocycles. The van der Waals surface area contributed by atoms with Crippen LogP contribution in [0, 0.1) is 0 Å². The van der Waals surface area contributed by atoms with Crippen molar-refractivity contribution >= 4 is 104 Å². The molecule has 71 heavy (non-hydrogen) atoms. The maximum atomic E-state index is 2.77. The number of fused-ring (bicyclic) bond motifs is 15. The molecule has 0 saturated heterocycles. The van der Waals surface area contributed by atoms with Gasteiger partial charge in [0.25, 0.3) is 0 Å². The van der Waals surface area contributed by atoms with E-state index >= 15 is 0 Å². The summed E-state index contributed by atoms with van der Waals surface area (Å²) < 4.78 is 8.06. The molecule has 14 rings (SSSR count). The summed E-state index contributed by atoms with van der Waals surface area (Å²) in [5.74, 6) is 0. The molecule has 2 aliphatic heterocycles. The minimum absolute atomic E-state index is 0.0523. The number of nitrogens with zero attached hydrogens (tertiary/aromatic N) is 3. The lowest BCUT2D eigenvalue weighted by molar-refractivity contribution is 0.332. The first-order valence-corrected chi connectivity index (χ1v) is 27.6. The molecule has 0 amide bonds. The molecule has 0 fully saturated rings. The minimum atomic E-state index is -0.0547. The molecule has 0 spiro atoms. The third-order valence-electron chi connectivity index (χ3n) is 17.4. The van der Waals surface area contributed by atoms with Crippen molar-refractivity contribution in [2.75, 3.05) is 4.81 Å². The van der Waals surface area contributed by atoms with Gasteiger partial charge in [-0.2, -0.15) is 0 Å². The van der Waals surface area contributed by atoms with Crippen molar-refractivity contribution in [3.8, 4) is 22.5 Å². The van der Waals surface area contributed by atoms with E-state index in [2.05, 4.69) is 201 Å². The molecule has 3 nitrogen and oxygen atoms in total. The van der Waals surface area contributed by atoms with E-state index in [4.69, 9.17) is 0 Å². The van der Waals surface area contributed by atoms with Gasteiger partial charge < -0.3 is 13.9 Å². The van der Waals surface area contributed by atoms with Gasteiger partial charge in [-0.25, -0.2) is 0 Å². The van der Waals surface area contributed by atoms with Crippen molar-refractivity contribution < 1.29 is 0 Å². The van der Waals surface area contributed by atoms with Crippen LogP contribution in [0.1, 0.15) is 115 Å². The average molecular weight is 940 g/mol. The van der Waals surface area contributed by atoms with Crippen LogP contribution in [0.25, 0.3) is 86.3 Å². The van der Waals surface area contributed by atoms with Crippen LogP contribution in [-0.4, -0.2) is 16.0 Å². The van der Waals surface area contributed by atoms with Gasteiger partial charge in [-0.1, -0.05) is 146 Å². The van der Waals surface area contributed by atoms with Gasteiger partial charge in [0.2, 0.25) is 0 Å². The van der Waals surface area contributed by atoms with E-state index in [-0.39, 0.29) is 17.7 Å². The Labute approximate surface area is 422 Å². The Morgan fingerprint density at radius 3 is 1.83 bits per heavy atom. The van der Waals surface area contributed by atoms with E-state index in [1.54, 1.807) is 0 Å². The summed E-state index contributed by atoms with van der Waals surface area (Å²) in [6, 6.07) is 57.7. The molecule has 0 bridgehead atoms. The molecule has 0 N–H and O–H groups in total. The Morgan fingerprint density at radius 2 is 1.13 bits per heavy atom. The van der Waals surface area contributed by atoms with Crippen LogP contribution in [-0.2, 0) is 23.7 Å². The second-order valence-electron chi connectivity index (χ2n) is 22.7. The molecule has 0 atom stereocenters. The number of para-hydroxylation sites is 2. The van der Waals surface area contributed by atoms with Gasteiger partial charge in [0.05, 0.1) is 27.8 Å². The maximum Gasteiger partial charge on any atom is 0.333 e. The standard InChI is InChI=1S/C66H62BN3S/c1-7-9-11-19-41-27-30-43(31-28-41)70-58-37-48-46-23-15-18-26-60(46)71-61(48)39-47(58)49-38-59(68-54-24-16-13-21-44(54)45-22-14-17-25-55(45)68)62-50-36-51-52(66(5,6)34-33-65(51,3)4)40-57(50)69-56-32-29-42(20-12-10-8-2)35-53(56)67(70)63(49)64(62)69/h13-18,21-32,35-40H,7-12,19-20,33-34H2,1-6H3. The van der Waals surface area contributed by atoms with Gasteiger partial charge in [0, 0.05) is 64.3 Å². The molecule has 5 heterocycles. The highest BCUT2D eigenvalue weighted by Crippen LogP contribution is 2.53. The van der Waals surface area contributed by atoms with Crippen LogP contribution in [0.3, 0.4) is 0 Å².